The first-order chi connectivity index (χ1) is 9.86. The van der Waals surface area contributed by atoms with Crippen molar-refractivity contribution < 1.29 is 9.59 Å². The number of carbonyl (C=O) groups excluding carboxylic acids is 2. The number of nitrogens with zero attached hydrogens (tertiary/aromatic N) is 2. The van der Waals surface area contributed by atoms with Crippen LogP contribution in [0.1, 0.15) is 27.2 Å². The van der Waals surface area contributed by atoms with E-state index in [1.165, 1.54) is 0 Å². The molecule has 5 nitrogen and oxygen atoms in total. The van der Waals surface area contributed by atoms with Crippen LogP contribution in [0.3, 0.4) is 0 Å². The van der Waals surface area contributed by atoms with Crippen molar-refractivity contribution in [3.63, 3.8) is 0 Å². The first-order valence-electron chi connectivity index (χ1n) is 7.09. The van der Waals surface area contributed by atoms with Gasteiger partial charge >= 0.3 is 6.03 Å². The SMILES string of the molecule is CC(C)(C)n1ccc2cc(N3CCC(=O)NC3=O)ccc21. The highest BCUT2D eigenvalue weighted by atomic mass is 16.2. The molecule has 2 heterocycles. The van der Waals surface area contributed by atoms with Crippen LogP contribution >= 0.6 is 0 Å². The second kappa shape index (κ2) is 4.62. The molecule has 0 bridgehead atoms. The molecule has 0 saturated carbocycles. The van der Waals surface area contributed by atoms with Gasteiger partial charge in [-0.3, -0.25) is 15.0 Å². The molecule has 1 N–H and O–H groups in total. The minimum atomic E-state index is -0.346. The van der Waals surface area contributed by atoms with Crippen LogP contribution in [-0.2, 0) is 10.3 Å². The highest BCUT2D eigenvalue weighted by molar-refractivity contribution is 6.06. The molecule has 1 aromatic heterocycles. The van der Waals surface area contributed by atoms with Crippen LogP contribution in [0.5, 0.6) is 0 Å². The van der Waals surface area contributed by atoms with E-state index in [2.05, 4.69) is 42.9 Å². The molecule has 1 aliphatic heterocycles. The van der Waals surface area contributed by atoms with Gasteiger partial charge in [-0.15, -0.1) is 0 Å². The number of hydrogen-bond donors (Lipinski definition) is 1. The van der Waals surface area contributed by atoms with Crippen LogP contribution in [0, 0.1) is 0 Å². The zero-order valence-electron chi connectivity index (χ0n) is 12.5. The summed E-state index contributed by atoms with van der Waals surface area (Å²) in [7, 11) is 0. The van der Waals surface area contributed by atoms with Crippen LogP contribution in [0.4, 0.5) is 10.5 Å². The third-order valence-electron chi connectivity index (χ3n) is 3.76. The Hall–Kier alpha value is -2.30. The van der Waals surface area contributed by atoms with E-state index in [1.807, 2.05) is 18.2 Å². The molecule has 3 amide bonds. The lowest BCUT2D eigenvalue weighted by Crippen LogP contribution is -2.49. The number of nitrogens with one attached hydrogen (secondary N) is 1. The van der Waals surface area contributed by atoms with E-state index in [9.17, 15) is 9.59 Å². The minimum absolute atomic E-state index is 0.0121. The average Bonchev–Trinajstić information content (AvgIpc) is 2.81. The summed E-state index contributed by atoms with van der Waals surface area (Å²) in [6.07, 6.45) is 2.40. The standard InChI is InChI=1S/C16H19N3O2/c1-16(2,3)19-9-6-11-10-12(4-5-13(11)19)18-8-7-14(20)17-15(18)21/h4-6,9-10H,7-8H2,1-3H3,(H,17,20,21). The van der Waals surface area contributed by atoms with Gasteiger partial charge in [-0.2, -0.15) is 0 Å². The second-order valence-corrected chi connectivity index (χ2v) is 6.35. The van der Waals surface area contributed by atoms with Crippen LogP contribution in [-0.4, -0.2) is 23.1 Å². The fourth-order valence-electron chi connectivity index (χ4n) is 2.69. The summed E-state index contributed by atoms with van der Waals surface area (Å²) in [6.45, 7) is 6.90. The van der Waals surface area contributed by atoms with Crippen molar-refractivity contribution in [3.8, 4) is 0 Å². The van der Waals surface area contributed by atoms with Crippen molar-refractivity contribution in [1.29, 1.82) is 0 Å². The summed E-state index contributed by atoms with van der Waals surface area (Å²) in [5.74, 6) is -0.212. The third-order valence-corrected chi connectivity index (χ3v) is 3.76. The van der Waals surface area contributed by atoms with Crippen molar-refractivity contribution in [3.05, 3.63) is 30.5 Å². The molecule has 0 spiro atoms. The lowest BCUT2D eigenvalue weighted by molar-refractivity contribution is -0.120. The molecule has 21 heavy (non-hydrogen) atoms. The number of hydrogen-bond acceptors (Lipinski definition) is 2. The Labute approximate surface area is 123 Å². The largest absolute Gasteiger partial charge is 0.342 e. The van der Waals surface area contributed by atoms with Crippen molar-refractivity contribution in [1.82, 2.24) is 9.88 Å². The summed E-state index contributed by atoms with van der Waals surface area (Å²) in [6, 6.07) is 7.66. The van der Waals surface area contributed by atoms with Gasteiger partial charge in [-0.05, 0) is 45.0 Å². The van der Waals surface area contributed by atoms with Gasteiger partial charge in [0.2, 0.25) is 5.91 Å². The summed E-state index contributed by atoms with van der Waals surface area (Å²) >= 11 is 0. The van der Waals surface area contributed by atoms with Crippen LogP contribution < -0.4 is 10.2 Å². The smallest absolute Gasteiger partial charge is 0.328 e. The molecule has 0 atom stereocenters. The van der Waals surface area contributed by atoms with E-state index >= 15 is 0 Å². The van der Waals surface area contributed by atoms with Crippen molar-refractivity contribution in [2.45, 2.75) is 32.7 Å². The number of aromatic nitrogens is 1. The van der Waals surface area contributed by atoms with Crippen LogP contribution in [0.15, 0.2) is 30.5 Å². The number of benzene rings is 1. The summed E-state index contributed by atoms with van der Waals surface area (Å²) in [5, 5.41) is 3.44. The third kappa shape index (κ3) is 2.39. The molecule has 5 heteroatoms. The van der Waals surface area contributed by atoms with Gasteiger partial charge < -0.3 is 4.57 Å². The molecule has 1 aromatic carbocycles. The number of carbonyl (C=O) groups is 2. The van der Waals surface area contributed by atoms with Crippen LogP contribution in [0.25, 0.3) is 10.9 Å². The Morgan fingerprint density at radius 3 is 2.57 bits per heavy atom. The highest BCUT2D eigenvalue weighted by Crippen LogP contribution is 2.28. The van der Waals surface area contributed by atoms with Gasteiger partial charge in [0.05, 0.1) is 0 Å². The van der Waals surface area contributed by atoms with Gasteiger partial charge in [0.15, 0.2) is 0 Å². The van der Waals surface area contributed by atoms with Gasteiger partial charge in [0, 0.05) is 41.3 Å². The maximum Gasteiger partial charge on any atom is 0.328 e. The molecule has 1 aliphatic rings. The first-order valence-corrected chi connectivity index (χ1v) is 7.09. The average molecular weight is 285 g/mol. The lowest BCUT2D eigenvalue weighted by Gasteiger charge is -2.27. The number of rotatable bonds is 1. The summed E-state index contributed by atoms with van der Waals surface area (Å²) in [4.78, 5) is 24.7. The Balaban J connectivity index is 1.99. The van der Waals surface area contributed by atoms with E-state index < -0.39 is 0 Å². The normalized spacial score (nSPS) is 16.4. The van der Waals surface area contributed by atoms with E-state index in [0.717, 1.165) is 16.6 Å². The Morgan fingerprint density at radius 2 is 1.90 bits per heavy atom. The summed E-state index contributed by atoms with van der Waals surface area (Å²) < 4.78 is 2.21. The quantitative estimate of drug-likeness (QED) is 0.876. The van der Waals surface area contributed by atoms with E-state index in [0.29, 0.717) is 13.0 Å². The summed E-state index contributed by atoms with van der Waals surface area (Å²) in [5.41, 5.74) is 1.97. The molecular weight excluding hydrogens is 266 g/mol. The number of anilines is 1. The Kier molecular flexibility index (Phi) is 3.01. The molecule has 0 radical (unpaired) electrons. The molecule has 0 unspecified atom stereocenters. The van der Waals surface area contributed by atoms with Crippen molar-refractivity contribution in [2.75, 3.05) is 11.4 Å². The van der Waals surface area contributed by atoms with Gasteiger partial charge in [-0.1, -0.05) is 0 Å². The molecule has 110 valence electrons. The van der Waals surface area contributed by atoms with Crippen molar-refractivity contribution >= 4 is 28.5 Å². The molecular formula is C16H19N3O2. The molecule has 2 aromatic rings. The number of imide groups is 1. The fraction of sp³-hybridized carbons (Fsp3) is 0.375. The predicted octanol–water partition coefficient (Wildman–Crippen LogP) is 2.84. The molecule has 0 aliphatic carbocycles. The highest BCUT2D eigenvalue weighted by Gasteiger charge is 2.24. The topological polar surface area (TPSA) is 54.3 Å². The minimum Gasteiger partial charge on any atom is -0.342 e. The second-order valence-electron chi connectivity index (χ2n) is 6.35. The van der Waals surface area contributed by atoms with E-state index in [-0.39, 0.29) is 17.5 Å². The molecule has 1 fully saturated rings. The Bertz CT molecular complexity index is 725. The first kappa shape index (κ1) is 13.7. The van der Waals surface area contributed by atoms with Crippen LogP contribution in [0.2, 0.25) is 0 Å². The molecule has 3 rings (SSSR count). The predicted molar refractivity (Wildman–Crippen MR) is 82.4 cm³/mol. The van der Waals surface area contributed by atoms with E-state index in [4.69, 9.17) is 0 Å². The van der Waals surface area contributed by atoms with Gasteiger partial charge in [0.1, 0.15) is 0 Å². The Morgan fingerprint density at radius 1 is 1.14 bits per heavy atom. The van der Waals surface area contributed by atoms with Gasteiger partial charge in [0.25, 0.3) is 0 Å². The zero-order valence-corrected chi connectivity index (χ0v) is 12.5. The zero-order chi connectivity index (χ0) is 15.2. The lowest BCUT2D eigenvalue weighted by atomic mass is 10.1. The fourth-order valence-corrected chi connectivity index (χ4v) is 2.69. The number of fused-ring (bicyclic) bond motifs is 1. The van der Waals surface area contributed by atoms with Gasteiger partial charge in [-0.25, -0.2) is 4.79 Å². The maximum atomic E-state index is 11.9. The maximum absolute atomic E-state index is 11.9. The van der Waals surface area contributed by atoms with E-state index in [1.54, 1.807) is 4.90 Å². The monoisotopic (exact) mass is 285 g/mol. The van der Waals surface area contributed by atoms with Crippen molar-refractivity contribution in [2.24, 2.45) is 0 Å². The molecule has 1 saturated heterocycles. The number of urea groups is 1. The number of amides is 3.